The minimum absolute atomic E-state index is 0.0578. The van der Waals surface area contributed by atoms with E-state index in [9.17, 15) is 15.0 Å². The maximum atomic E-state index is 13.3. The summed E-state index contributed by atoms with van der Waals surface area (Å²) in [5.74, 6) is 0.0578. The summed E-state index contributed by atoms with van der Waals surface area (Å²) >= 11 is 9.95. The Kier molecular flexibility index (Phi) is 10.3. The van der Waals surface area contributed by atoms with E-state index in [1.165, 1.54) is 22.7 Å². The number of aliphatic hydroxyl groups is 2. The van der Waals surface area contributed by atoms with Gasteiger partial charge in [-0.05, 0) is 94.9 Å². The lowest BCUT2D eigenvalue weighted by molar-refractivity contribution is 0.104. The van der Waals surface area contributed by atoms with Crippen molar-refractivity contribution in [2.75, 3.05) is 26.2 Å². The van der Waals surface area contributed by atoms with Gasteiger partial charge in [-0.2, -0.15) is 0 Å². The number of hydrogen-bond acceptors (Lipinski definition) is 7. The minimum atomic E-state index is -0.385. The van der Waals surface area contributed by atoms with Crippen molar-refractivity contribution in [1.82, 2.24) is 10.6 Å². The number of nitrogens with one attached hydrogen (secondary N) is 2. The Labute approximate surface area is 190 Å². The van der Waals surface area contributed by atoms with Crippen molar-refractivity contribution in [3.05, 3.63) is 40.6 Å². The maximum Gasteiger partial charge on any atom is 0.213 e. The van der Waals surface area contributed by atoms with E-state index in [4.69, 9.17) is 0 Å². The molecule has 4 N–H and O–H groups in total. The van der Waals surface area contributed by atoms with Crippen LogP contribution in [0.2, 0.25) is 0 Å². The Morgan fingerprint density at radius 1 is 0.929 bits per heavy atom. The van der Waals surface area contributed by atoms with Gasteiger partial charge in [0, 0.05) is 13.1 Å². The average Bonchev–Trinajstić information content (AvgIpc) is 3.17. The highest BCUT2D eigenvalue weighted by atomic mass is 79.9. The van der Waals surface area contributed by atoms with Crippen molar-refractivity contribution in [2.24, 2.45) is 0 Å². The number of hydrogen-bond donors (Lipinski definition) is 4. The van der Waals surface area contributed by atoms with E-state index in [2.05, 4.69) is 42.5 Å². The first kappa shape index (κ1) is 24.1. The second-order valence-electron chi connectivity index (χ2n) is 6.75. The normalized spacial score (nSPS) is 13.6. The number of ketones is 1. The van der Waals surface area contributed by atoms with Crippen molar-refractivity contribution in [1.29, 1.82) is 0 Å². The molecule has 2 aromatic heterocycles. The summed E-state index contributed by atoms with van der Waals surface area (Å²) in [5, 5.41) is 25.1. The molecule has 28 heavy (non-hydrogen) atoms. The zero-order valence-corrected chi connectivity index (χ0v) is 20.7. The second kappa shape index (κ2) is 11.9. The number of halogens is 2. The van der Waals surface area contributed by atoms with Crippen molar-refractivity contribution in [2.45, 2.75) is 38.9 Å². The molecule has 0 aliphatic heterocycles. The Morgan fingerprint density at radius 2 is 1.32 bits per heavy atom. The molecule has 0 radical (unpaired) electrons. The summed E-state index contributed by atoms with van der Waals surface area (Å²) in [4.78, 5) is 14.8. The SMILES string of the molecule is CC(O)CNCCc1cc(Br)sc1C(=O)c1sc(Br)cc1CCNCC(C)O. The van der Waals surface area contributed by atoms with Crippen molar-refractivity contribution < 1.29 is 15.0 Å². The average molecular weight is 554 g/mol. The number of aliphatic hydroxyl groups excluding tert-OH is 2. The standard InChI is InChI=1S/C19H26Br2N2O3S2/c1-11(24)9-22-5-3-13-7-15(20)27-18(13)17(26)19-14(8-16(21)28-19)4-6-23-10-12(2)25/h7-8,11-12,22-25H,3-6,9-10H2,1-2H3. The fourth-order valence-electron chi connectivity index (χ4n) is 2.72. The molecule has 0 aliphatic rings. The molecule has 2 aromatic rings. The molecule has 0 aromatic carbocycles. The molecular formula is C19H26Br2N2O3S2. The molecule has 2 unspecified atom stereocenters. The first-order chi connectivity index (χ1) is 13.3. The van der Waals surface area contributed by atoms with E-state index >= 15 is 0 Å². The highest BCUT2D eigenvalue weighted by Gasteiger charge is 2.22. The molecule has 0 fully saturated rings. The van der Waals surface area contributed by atoms with Crippen LogP contribution in [0.4, 0.5) is 0 Å². The van der Waals surface area contributed by atoms with Gasteiger partial charge in [-0.3, -0.25) is 4.79 Å². The van der Waals surface area contributed by atoms with Gasteiger partial charge in [0.05, 0.1) is 29.5 Å². The molecule has 2 heterocycles. The molecule has 5 nitrogen and oxygen atoms in total. The third kappa shape index (κ3) is 7.60. The smallest absolute Gasteiger partial charge is 0.213 e. The molecule has 0 aliphatic carbocycles. The van der Waals surface area contributed by atoms with Crippen LogP contribution < -0.4 is 10.6 Å². The van der Waals surface area contributed by atoms with E-state index in [1.807, 2.05) is 12.1 Å². The first-order valence-corrected chi connectivity index (χ1v) is 12.4. The lowest BCUT2D eigenvalue weighted by atomic mass is 10.1. The van der Waals surface area contributed by atoms with Crippen molar-refractivity contribution >= 4 is 60.3 Å². The monoisotopic (exact) mass is 552 g/mol. The van der Waals surface area contributed by atoms with E-state index in [0.29, 0.717) is 26.2 Å². The van der Waals surface area contributed by atoms with Gasteiger partial charge in [0.15, 0.2) is 0 Å². The molecule has 0 spiro atoms. The Hall–Kier alpha value is -0.130. The van der Waals surface area contributed by atoms with Crippen LogP contribution >= 0.6 is 54.5 Å². The van der Waals surface area contributed by atoms with Crippen LogP contribution in [0.15, 0.2) is 19.7 Å². The number of thiophene rings is 2. The molecule has 156 valence electrons. The zero-order valence-electron chi connectivity index (χ0n) is 15.9. The van der Waals surface area contributed by atoms with Gasteiger partial charge in [0.2, 0.25) is 5.78 Å². The van der Waals surface area contributed by atoms with Crippen LogP contribution in [0.5, 0.6) is 0 Å². The number of carbonyl (C=O) groups is 1. The van der Waals surface area contributed by atoms with E-state index < -0.39 is 0 Å². The Bertz CT molecular complexity index is 713. The fraction of sp³-hybridized carbons (Fsp3) is 0.526. The van der Waals surface area contributed by atoms with Gasteiger partial charge in [-0.1, -0.05) is 0 Å². The predicted molar refractivity (Wildman–Crippen MR) is 124 cm³/mol. The lowest BCUT2D eigenvalue weighted by Crippen LogP contribution is -2.26. The lowest BCUT2D eigenvalue weighted by Gasteiger charge is -2.08. The van der Waals surface area contributed by atoms with Crippen LogP contribution in [0.1, 0.15) is 39.5 Å². The van der Waals surface area contributed by atoms with Gasteiger partial charge in [-0.15, -0.1) is 22.7 Å². The van der Waals surface area contributed by atoms with Gasteiger partial charge >= 0.3 is 0 Å². The van der Waals surface area contributed by atoms with Gasteiger partial charge in [0.1, 0.15) is 0 Å². The second-order valence-corrected chi connectivity index (χ2v) is 11.6. The van der Waals surface area contributed by atoms with Gasteiger partial charge in [-0.25, -0.2) is 0 Å². The highest BCUT2D eigenvalue weighted by Crippen LogP contribution is 2.34. The topological polar surface area (TPSA) is 81.6 Å². The van der Waals surface area contributed by atoms with E-state index in [1.54, 1.807) is 13.8 Å². The quantitative estimate of drug-likeness (QED) is 0.238. The summed E-state index contributed by atoms with van der Waals surface area (Å²) in [5.41, 5.74) is 2.03. The summed E-state index contributed by atoms with van der Waals surface area (Å²) < 4.78 is 1.88. The molecule has 0 saturated carbocycles. The number of carbonyl (C=O) groups excluding carboxylic acids is 1. The van der Waals surface area contributed by atoms with Crippen LogP contribution in [0.25, 0.3) is 0 Å². The van der Waals surface area contributed by atoms with E-state index in [-0.39, 0.29) is 18.0 Å². The summed E-state index contributed by atoms with van der Waals surface area (Å²) in [6.07, 6.45) is 0.689. The first-order valence-electron chi connectivity index (χ1n) is 9.16. The number of rotatable bonds is 12. The molecule has 9 heteroatoms. The molecule has 0 saturated heterocycles. The Balaban J connectivity index is 2.09. The van der Waals surface area contributed by atoms with E-state index in [0.717, 1.165) is 41.3 Å². The summed E-state index contributed by atoms with van der Waals surface area (Å²) in [6.45, 7) is 5.98. The van der Waals surface area contributed by atoms with Crippen molar-refractivity contribution in [3.63, 3.8) is 0 Å². The maximum absolute atomic E-state index is 13.3. The molecule has 2 rings (SSSR count). The van der Waals surface area contributed by atoms with Crippen LogP contribution in [0, 0.1) is 0 Å². The molecule has 0 bridgehead atoms. The summed E-state index contributed by atoms with van der Waals surface area (Å²) in [6, 6.07) is 4.02. The largest absolute Gasteiger partial charge is 0.392 e. The van der Waals surface area contributed by atoms with Gasteiger partial charge in [0.25, 0.3) is 0 Å². The van der Waals surface area contributed by atoms with Gasteiger partial charge < -0.3 is 20.8 Å². The van der Waals surface area contributed by atoms with Crippen LogP contribution in [0.3, 0.4) is 0 Å². The van der Waals surface area contributed by atoms with Crippen LogP contribution in [-0.2, 0) is 12.8 Å². The third-order valence-electron chi connectivity index (χ3n) is 3.99. The zero-order chi connectivity index (χ0) is 20.7. The fourth-order valence-corrected chi connectivity index (χ4v) is 6.07. The predicted octanol–water partition coefficient (Wildman–Crippen LogP) is 3.59. The molecule has 0 amide bonds. The van der Waals surface area contributed by atoms with Crippen LogP contribution in [-0.4, -0.2) is 54.4 Å². The van der Waals surface area contributed by atoms with Crippen molar-refractivity contribution in [3.8, 4) is 0 Å². The Morgan fingerprint density at radius 3 is 1.68 bits per heavy atom. The molecule has 2 atom stereocenters. The third-order valence-corrected chi connectivity index (χ3v) is 7.35. The highest BCUT2D eigenvalue weighted by molar-refractivity contribution is 9.11. The molecular weight excluding hydrogens is 528 g/mol. The minimum Gasteiger partial charge on any atom is -0.392 e. The summed E-state index contributed by atoms with van der Waals surface area (Å²) in [7, 11) is 0.